The highest BCUT2D eigenvalue weighted by molar-refractivity contribution is 5.78. The van der Waals surface area contributed by atoms with Gasteiger partial charge in [0.2, 0.25) is 5.91 Å². The molecule has 2 unspecified atom stereocenters. The molecule has 0 spiro atoms. The number of likely N-dealkylation sites (tertiary alicyclic amines) is 1. The summed E-state index contributed by atoms with van der Waals surface area (Å²) in [5, 5.41) is 3.10. The van der Waals surface area contributed by atoms with Gasteiger partial charge in [0.05, 0.1) is 0 Å². The van der Waals surface area contributed by atoms with E-state index < -0.39 is 5.60 Å². The molecule has 0 radical (unpaired) electrons. The molecule has 0 aromatic carbocycles. The Morgan fingerprint density at radius 1 is 1.29 bits per heavy atom. The number of carbonyl (C=O) groups excluding carboxylic acids is 2. The fraction of sp³-hybridized carbons (Fsp3) is 0.895. The van der Waals surface area contributed by atoms with Gasteiger partial charge in [0.1, 0.15) is 5.60 Å². The number of carbonyl (C=O) groups is 2. The van der Waals surface area contributed by atoms with Crippen molar-refractivity contribution in [3.05, 3.63) is 0 Å². The fourth-order valence-electron chi connectivity index (χ4n) is 3.08. The number of amides is 2. The summed E-state index contributed by atoms with van der Waals surface area (Å²) in [5.74, 6) is 0.606. The van der Waals surface area contributed by atoms with Crippen LogP contribution in [-0.4, -0.2) is 42.1 Å². The molecule has 1 aliphatic heterocycles. The van der Waals surface area contributed by atoms with Gasteiger partial charge in [-0.15, -0.1) is 0 Å². The molecule has 0 saturated carbocycles. The first-order valence-electron chi connectivity index (χ1n) is 9.52. The summed E-state index contributed by atoms with van der Waals surface area (Å²) in [5.41, 5.74) is -0.466. The van der Waals surface area contributed by atoms with Gasteiger partial charge in [0.15, 0.2) is 0 Å². The first-order chi connectivity index (χ1) is 11.3. The van der Waals surface area contributed by atoms with Gasteiger partial charge in [-0.3, -0.25) is 4.79 Å². The van der Waals surface area contributed by atoms with E-state index in [4.69, 9.17) is 4.74 Å². The predicted molar refractivity (Wildman–Crippen MR) is 96.8 cm³/mol. The average molecular weight is 341 g/mol. The highest BCUT2D eigenvalue weighted by Crippen LogP contribution is 2.19. The number of nitrogens with one attached hydrogen (secondary N) is 1. The lowest BCUT2D eigenvalue weighted by molar-refractivity contribution is -0.125. The molecule has 0 aromatic heterocycles. The van der Waals surface area contributed by atoms with E-state index in [1.807, 2.05) is 20.8 Å². The molecule has 1 saturated heterocycles. The van der Waals surface area contributed by atoms with Gasteiger partial charge in [0.25, 0.3) is 0 Å². The smallest absolute Gasteiger partial charge is 0.410 e. The SMILES string of the molecule is CCCCC(CC)C(=O)NCC1CCCN(C(=O)OC(C)(C)C)C1. The molecule has 1 heterocycles. The van der Waals surface area contributed by atoms with E-state index in [9.17, 15) is 9.59 Å². The normalized spacial score (nSPS) is 19.7. The standard InChI is InChI=1S/C19H36N2O3/c1-6-8-11-16(7-2)17(22)20-13-15-10-9-12-21(14-15)18(23)24-19(3,4)5/h15-16H,6-14H2,1-5H3,(H,20,22). The molecule has 5 heteroatoms. The zero-order valence-electron chi connectivity index (χ0n) is 16.2. The monoisotopic (exact) mass is 340 g/mol. The number of hydrogen-bond acceptors (Lipinski definition) is 3. The van der Waals surface area contributed by atoms with Gasteiger partial charge in [0, 0.05) is 25.6 Å². The molecular formula is C19H36N2O3. The molecule has 2 atom stereocenters. The Bertz CT molecular complexity index is 404. The molecule has 1 fully saturated rings. The van der Waals surface area contributed by atoms with Gasteiger partial charge in [-0.25, -0.2) is 4.79 Å². The molecule has 1 N–H and O–H groups in total. The highest BCUT2D eigenvalue weighted by Gasteiger charge is 2.28. The number of hydrogen-bond donors (Lipinski definition) is 1. The largest absolute Gasteiger partial charge is 0.444 e. The number of piperidine rings is 1. The van der Waals surface area contributed by atoms with Crippen LogP contribution >= 0.6 is 0 Å². The van der Waals surface area contributed by atoms with Crippen LogP contribution in [0.5, 0.6) is 0 Å². The third kappa shape index (κ3) is 7.54. The quantitative estimate of drug-likeness (QED) is 0.763. The second-order valence-electron chi connectivity index (χ2n) is 7.93. The Hall–Kier alpha value is -1.26. The third-order valence-corrected chi connectivity index (χ3v) is 4.51. The van der Waals surface area contributed by atoms with Gasteiger partial charge < -0.3 is 15.0 Å². The van der Waals surface area contributed by atoms with Crippen molar-refractivity contribution in [1.29, 1.82) is 0 Å². The highest BCUT2D eigenvalue weighted by atomic mass is 16.6. The van der Waals surface area contributed by atoms with Crippen LogP contribution in [0.1, 0.15) is 73.1 Å². The fourth-order valence-corrected chi connectivity index (χ4v) is 3.08. The summed E-state index contributed by atoms with van der Waals surface area (Å²) in [6.07, 6.45) is 5.85. The van der Waals surface area contributed by atoms with Crippen LogP contribution in [0.3, 0.4) is 0 Å². The van der Waals surface area contributed by atoms with Crippen LogP contribution in [0, 0.1) is 11.8 Å². The topological polar surface area (TPSA) is 58.6 Å². The number of nitrogens with zero attached hydrogens (tertiary/aromatic N) is 1. The van der Waals surface area contributed by atoms with E-state index in [2.05, 4.69) is 19.2 Å². The van der Waals surface area contributed by atoms with E-state index in [0.29, 0.717) is 19.0 Å². The minimum Gasteiger partial charge on any atom is -0.444 e. The van der Waals surface area contributed by atoms with Crippen molar-refractivity contribution in [2.24, 2.45) is 11.8 Å². The Kier molecular flexibility index (Phi) is 8.57. The molecule has 2 amide bonds. The van der Waals surface area contributed by atoms with Crippen LogP contribution in [0.25, 0.3) is 0 Å². The van der Waals surface area contributed by atoms with Crippen molar-refractivity contribution in [2.45, 2.75) is 78.7 Å². The molecule has 1 aliphatic rings. The first kappa shape index (κ1) is 20.8. The maximum absolute atomic E-state index is 12.3. The van der Waals surface area contributed by atoms with E-state index in [0.717, 1.165) is 45.1 Å². The Morgan fingerprint density at radius 2 is 2.00 bits per heavy atom. The Labute approximate surface area is 147 Å². The summed E-state index contributed by atoms with van der Waals surface area (Å²) in [4.78, 5) is 26.3. The van der Waals surface area contributed by atoms with E-state index in [1.165, 1.54) is 0 Å². The number of rotatable bonds is 7. The summed E-state index contributed by atoms with van der Waals surface area (Å²) in [7, 11) is 0. The van der Waals surface area contributed by atoms with Crippen LogP contribution < -0.4 is 5.32 Å². The van der Waals surface area contributed by atoms with Crippen molar-refractivity contribution in [3.8, 4) is 0 Å². The zero-order valence-corrected chi connectivity index (χ0v) is 16.2. The number of ether oxygens (including phenoxy) is 1. The van der Waals surface area contributed by atoms with E-state index >= 15 is 0 Å². The maximum Gasteiger partial charge on any atom is 0.410 e. The lowest BCUT2D eigenvalue weighted by atomic mass is 9.96. The molecular weight excluding hydrogens is 304 g/mol. The van der Waals surface area contributed by atoms with Crippen LogP contribution in [-0.2, 0) is 9.53 Å². The van der Waals surface area contributed by atoms with Gasteiger partial charge in [-0.05, 0) is 52.4 Å². The van der Waals surface area contributed by atoms with Crippen molar-refractivity contribution in [3.63, 3.8) is 0 Å². The average Bonchev–Trinajstić information content (AvgIpc) is 2.52. The summed E-state index contributed by atoms with van der Waals surface area (Å²) in [6, 6.07) is 0. The minimum absolute atomic E-state index is 0.121. The molecule has 0 bridgehead atoms. The van der Waals surface area contributed by atoms with Crippen molar-refractivity contribution in [2.75, 3.05) is 19.6 Å². The van der Waals surface area contributed by atoms with Crippen LogP contribution in [0.4, 0.5) is 4.79 Å². The molecule has 24 heavy (non-hydrogen) atoms. The summed E-state index contributed by atoms with van der Waals surface area (Å²) < 4.78 is 5.45. The van der Waals surface area contributed by atoms with E-state index in [-0.39, 0.29) is 17.9 Å². The molecule has 140 valence electrons. The molecule has 5 nitrogen and oxygen atoms in total. The Balaban J connectivity index is 2.42. The predicted octanol–water partition coefficient (Wildman–Crippen LogP) is 3.97. The molecule has 0 aromatic rings. The second-order valence-corrected chi connectivity index (χ2v) is 7.93. The van der Waals surface area contributed by atoms with Gasteiger partial charge in [-0.2, -0.15) is 0 Å². The maximum atomic E-state index is 12.3. The van der Waals surface area contributed by atoms with Crippen LogP contribution in [0.2, 0.25) is 0 Å². The van der Waals surface area contributed by atoms with Crippen molar-refractivity contribution in [1.82, 2.24) is 10.2 Å². The van der Waals surface area contributed by atoms with Crippen LogP contribution in [0.15, 0.2) is 0 Å². The van der Waals surface area contributed by atoms with E-state index in [1.54, 1.807) is 4.90 Å². The molecule has 1 rings (SSSR count). The van der Waals surface area contributed by atoms with Crippen molar-refractivity contribution >= 4 is 12.0 Å². The first-order valence-corrected chi connectivity index (χ1v) is 9.52. The van der Waals surface area contributed by atoms with Crippen molar-refractivity contribution < 1.29 is 14.3 Å². The minimum atomic E-state index is -0.466. The summed E-state index contributed by atoms with van der Waals surface area (Å²) in [6.45, 7) is 11.9. The lowest BCUT2D eigenvalue weighted by Crippen LogP contribution is -2.46. The van der Waals surface area contributed by atoms with Gasteiger partial charge >= 0.3 is 6.09 Å². The lowest BCUT2D eigenvalue weighted by Gasteiger charge is -2.34. The molecule has 0 aliphatic carbocycles. The Morgan fingerprint density at radius 3 is 2.58 bits per heavy atom. The second kappa shape index (κ2) is 9.90. The van der Waals surface area contributed by atoms with Gasteiger partial charge in [-0.1, -0.05) is 26.7 Å². The summed E-state index contributed by atoms with van der Waals surface area (Å²) >= 11 is 0. The third-order valence-electron chi connectivity index (χ3n) is 4.51. The number of unbranched alkanes of at least 4 members (excludes halogenated alkanes) is 1. The zero-order chi connectivity index (χ0) is 18.2.